The van der Waals surface area contributed by atoms with Crippen molar-refractivity contribution in [1.82, 2.24) is 9.97 Å². The molecule has 1 aromatic heterocycles. The molecule has 1 aliphatic rings. The third-order valence-corrected chi connectivity index (χ3v) is 5.50. The Kier molecular flexibility index (Phi) is 6.01. The quantitative estimate of drug-likeness (QED) is 0.601. The van der Waals surface area contributed by atoms with E-state index in [1.54, 1.807) is 25.3 Å². The summed E-state index contributed by atoms with van der Waals surface area (Å²) in [6.07, 6.45) is 1.51. The van der Waals surface area contributed by atoms with E-state index in [9.17, 15) is 0 Å². The number of aromatic nitrogens is 2. The van der Waals surface area contributed by atoms with Gasteiger partial charge in [0.25, 0.3) is 0 Å². The molecule has 1 aliphatic heterocycles. The van der Waals surface area contributed by atoms with Crippen LogP contribution in [0, 0.1) is 0 Å². The number of piperazine rings is 1. The van der Waals surface area contributed by atoms with Gasteiger partial charge in [-0.25, -0.2) is 9.97 Å². The third-order valence-electron chi connectivity index (χ3n) is 5.03. The largest absolute Gasteiger partial charge is 0.495 e. The molecule has 3 aromatic rings. The maximum atomic E-state index is 6.42. The van der Waals surface area contributed by atoms with Crippen LogP contribution >= 0.6 is 23.2 Å². The molecule has 9 heteroatoms. The Morgan fingerprint density at radius 2 is 1.70 bits per heavy atom. The van der Waals surface area contributed by atoms with Crippen molar-refractivity contribution in [3.63, 3.8) is 0 Å². The van der Waals surface area contributed by atoms with Crippen LogP contribution in [0.2, 0.25) is 10.0 Å². The summed E-state index contributed by atoms with van der Waals surface area (Å²) in [5.41, 5.74) is 8.71. The molecule has 7 nitrogen and oxygen atoms in total. The van der Waals surface area contributed by atoms with Crippen molar-refractivity contribution >= 4 is 51.9 Å². The number of nitrogens with two attached hydrogens (primary N) is 1. The summed E-state index contributed by atoms with van der Waals surface area (Å²) < 4.78 is 5.39. The zero-order chi connectivity index (χ0) is 21.1. The van der Waals surface area contributed by atoms with Gasteiger partial charge >= 0.3 is 0 Å². The van der Waals surface area contributed by atoms with Crippen LogP contribution < -0.4 is 25.6 Å². The standard InChI is InChI=1S/C21H22Cl2N6O/c1-30-18-6-5-15(23)12-17(18)27-20-19(24)21(26-13-25-20)29-9-7-28(8-10-29)16-4-2-3-14(22)11-16/h2-6,11-13H,7-10,24H2,1H3,(H,25,26,27). The minimum atomic E-state index is 0.482. The van der Waals surface area contributed by atoms with E-state index in [4.69, 9.17) is 33.7 Å². The summed E-state index contributed by atoms with van der Waals surface area (Å²) in [5, 5.41) is 4.54. The Morgan fingerprint density at radius 1 is 0.967 bits per heavy atom. The Balaban J connectivity index is 1.51. The highest BCUT2D eigenvalue weighted by molar-refractivity contribution is 6.31. The fourth-order valence-electron chi connectivity index (χ4n) is 3.49. The molecule has 1 fully saturated rings. The molecule has 4 rings (SSSR count). The van der Waals surface area contributed by atoms with Crippen LogP contribution in [-0.4, -0.2) is 43.3 Å². The van der Waals surface area contributed by atoms with Gasteiger partial charge in [0.05, 0.1) is 12.8 Å². The predicted octanol–water partition coefficient (Wildman–Crippen LogP) is 4.44. The molecule has 1 saturated heterocycles. The number of halogens is 2. The van der Waals surface area contributed by atoms with Crippen molar-refractivity contribution in [3.05, 3.63) is 58.8 Å². The van der Waals surface area contributed by atoms with E-state index >= 15 is 0 Å². The Hall–Kier alpha value is -2.90. The van der Waals surface area contributed by atoms with Gasteiger partial charge in [-0.1, -0.05) is 29.3 Å². The molecular formula is C21H22Cl2N6O. The molecule has 0 spiro atoms. The number of hydrogen-bond acceptors (Lipinski definition) is 7. The van der Waals surface area contributed by atoms with E-state index in [2.05, 4.69) is 31.2 Å². The molecule has 0 unspecified atom stereocenters. The van der Waals surface area contributed by atoms with Gasteiger partial charge in [-0.15, -0.1) is 0 Å². The number of nitrogens with one attached hydrogen (secondary N) is 1. The number of ether oxygens (including phenoxy) is 1. The van der Waals surface area contributed by atoms with Crippen LogP contribution in [0.3, 0.4) is 0 Å². The van der Waals surface area contributed by atoms with Crippen molar-refractivity contribution in [1.29, 1.82) is 0 Å². The molecular weight excluding hydrogens is 423 g/mol. The normalized spacial score (nSPS) is 14.0. The highest BCUT2D eigenvalue weighted by Gasteiger charge is 2.22. The van der Waals surface area contributed by atoms with Crippen molar-refractivity contribution < 1.29 is 4.74 Å². The first-order valence-electron chi connectivity index (χ1n) is 9.51. The third kappa shape index (κ3) is 4.32. The number of benzene rings is 2. The van der Waals surface area contributed by atoms with Gasteiger partial charge in [-0.3, -0.25) is 0 Å². The number of rotatable bonds is 5. The summed E-state index contributed by atoms with van der Waals surface area (Å²) >= 11 is 12.3. The summed E-state index contributed by atoms with van der Waals surface area (Å²) in [4.78, 5) is 13.2. The fourth-order valence-corrected chi connectivity index (χ4v) is 3.85. The molecule has 0 amide bonds. The lowest BCUT2D eigenvalue weighted by molar-refractivity contribution is 0.417. The first-order valence-corrected chi connectivity index (χ1v) is 10.3. The molecule has 0 bridgehead atoms. The van der Waals surface area contributed by atoms with E-state index < -0.39 is 0 Å². The lowest BCUT2D eigenvalue weighted by Crippen LogP contribution is -2.47. The van der Waals surface area contributed by atoms with Gasteiger partial charge in [-0.2, -0.15) is 0 Å². The second-order valence-electron chi connectivity index (χ2n) is 6.88. The lowest BCUT2D eigenvalue weighted by Gasteiger charge is -2.37. The molecule has 0 atom stereocenters. The highest BCUT2D eigenvalue weighted by Crippen LogP contribution is 2.34. The summed E-state index contributed by atoms with van der Waals surface area (Å²) in [6, 6.07) is 13.2. The van der Waals surface area contributed by atoms with Crippen LogP contribution in [0.15, 0.2) is 48.8 Å². The maximum absolute atomic E-state index is 6.42. The van der Waals surface area contributed by atoms with Gasteiger partial charge in [0.1, 0.15) is 17.8 Å². The van der Waals surface area contributed by atoms with Crippen LogP contribution in [0.1, 0.15) is 0 Å². The summed E-state index contributed by atoms with van der Waals surface area (Å²) in [6.45, 7) is 3.25. The minimum Gasteiger partial charge on any atom is -0.495 e. The Labute approximate surface area is 185 Å². The van der Waals surface area contributed by atoms with Gasteiger partial charge in [0, 0.05) is 41.9 Å². The molecule has 0 aliphatic carbocycles. The second-order valence-corrected chi connectivity index (χ2v) is 7.76. The van der Waals surface area contributed by atoms with Gasteiger partial charge in [0.15, 0.2) is 11.6 Å². The topological polar surface area (TPSA) is 79.5 Å². The average Bonchev–Trinajstić information content (AvgIpc) is 2.76. The monoisotopic (exact) mass is 444 g/mol. The number of nitrogens with zero attached hydrogens (tertiary/aromatic N) is 4. The fraction of sp³-hybridized carbons (Fsp3) is 0.238. The molecule has 3 N–H and O–H groups in total. The summed E-state index contributed by atoms with van der Waals surface area (Å²) in [5.74, 6) is 1.87. The van der Waals surface area contributed by atoms with E-state index in [0.29, 0.717) is 33.8 Å². The minimum absolute atomic E-state index is 0.482. The zero-order valence-electron chi connectivity index (χ0n) is 16.5. The van der Waals surface area contributed by atoms with Crippen LogP contribution in [0.5, 0.6) is 5.75 Å². The van der Waals surface area contributed by atoms with Gasteiger partial charge in [-0.05, 0) is 36.4 Å². The molecule has 30 heavy (non-hydrogen) atoms. The van der Waals surface area contributed by atoms with Crippen molar-refractivity contribution in [2.45, 2.75) is 0 Å². The van der Waals surface area contributed by atoms with Crippen LogP contribution in [-0.2, 0) is 0 Å². The molecule has 2 heterocycles. The average molecular weight is 445 g/mol. The molecule has 156 valence electrons. The second kappa shape index (κ2) is 8.85. The first-order chi connectivity index (χ1) is 14.5. The van der Waals surface area contributed by atoms with Crippen molar-refractivity contribution in [2.24, 2.45) is 0 Å². The number of hydrogen-bond donors (Lipinski definition) is 2. The maximum Gasteiger partial charge on any atom is 0.159 e. The molecule has 2 aromatic carbocycles. The lowest BCUT2D eigenvalue weighted by atomic mass is 10.2. The molecule has 0 radical (unpaired) electrons. The number of anilines is 5. The predicted molar refractivity (Wildman–Crippen MR) is 124 cm³/mol. The highest BCUT2D eigenvalue weighted by atomic mass is 35.5. The van der Waals surface area contributed by atoms with Crippen molar-refractivity contribution in [3.8, 4) is 5.75 Å². The molecule has 0 saturated carbocycles. The zero-order valence-corrected chi connectivity index (χ0v) is 18.0. The number of methoxy groups -OCH3 is 1. The van der Waals surface area contributed by atoms with Gasteiger partial charge < -0.3 is 25.6 Å². The summed E-state index contributed by atoms with van der Waals surface area (Å²) in [7, 11) is 1.60. The Morgan fingerprint density at radius 3 is 2.43 bits per heavy atom. The van der Waals surface area contributed by atoms with E-state index in [1.165, 1.54) is 6.33 Å². The smallest absolute Gasteiger partial charge is 0.159 e. The van der Waals surface area contributed by atoms with E-state index in [0.717, 1.165) is 36.9 Å². The van der Waals surface area contributed by atoms with Crippen LogP contribution in [0.4, 0.5) is 28.7 Å². The van der Waals surface area contributed by atoms with Gasteiger partial charge in [0.2, 0.25) is 0 Å². The van der Waals surface area contributed by atoms with Crippen LogP contribution in [0.25, 0.3) is 0 Å². The van der Waals surface area contributed by atoms with E-state index in [-0.39, 0.29) is 0 Å². The van der Waals surface area contributed by atoms with E-state index in [1.807, 2.05) is 18.2 Å². The first kappa shape index (κ1) is 20.4. The SMILES string of the molecule is COc1ccc(Cl)cc1Nc1ncnc(N2CCN(c3cccc(Cl)c3)CC2)c1N. The van der Waals surface area contributed by atoms with Crippen molar-refractivity contribution in [2.75, 3.05) is 54.1 Å². The number of nitrogen functional groups attached to an aromatic ring is 1. The Bertz CT molecular complexity index is 1040.